The predicted octanol–water partition coefficient (Wildman–Crippen LogP) is 2.96. The third-order valence-corrected chi connectivity index (χ3v) is 5.42. The lowest BCUT2D eigenvalue weighted by Crippen LogP contribution is -2.34. The van der Waals surface area contributed by atoms with Gasteiger partial charge in [-0.05, 0) is 26.0 Å². The van der Waals surface area contributed by atoms with Gasteiger partial charge in [0.1, 0.15) is 4.90 Å². The molecule has 0 unspecified atom stereocenters. The lowest BCUT2D eigenvalue weighted by atomic mass is 10.3. The zero-order valence-corrected chi connectivity index (χ0v) is 14.4. The number of aromatic nitrogens is 2. The van der Waals surface area contributed by atoms with E-state index in [0.717, 1.165) is 29.1 Å². The third-order valence-electron chi connectivity index (χ3n) is 3.33. The maximum atomic E-state index is 13.8. The van der Waals surface area contributed by atoms with Gasteiger partial charge in [0.15, 0.2) is 11.6 Å². The molecular weight excluding hydrogens is 364 g/mol. The number of hydrogen-bond donors (Lipinski definition) is 0. The van der Waals surface area contributed by atoms with E-state index < -0.39 is 37.4 Å². The molecule has 0 spiro atoms. The topological polar surface area (TPSA) is 72.3 Å². The molecule has 0 aliphatic rings. The molecule has 1 aromatic heterocycles. The second-order valence-corrected chi connectivity index (χ2v) is 6.98. The van der Waals surface area contributed by atoms with Gasteiger partial charge < -0.3 is 4.90 Å². The molecule has 0 bridgehead atoms. The fraction of sp³-hybridized carbons (Fsp3) is 0.286. The summed E-state index contributed by atoms with van der Waals surface area (Å²) in [7, 11) is -4.52. The molecule has 2 rings (SSSR count). The van der Waals surface area contributed by atoms with Gasteiger partial charge in [-0.1, -0.05) is 17.7 Å². The Hall–Kier alpha value is -2.00. The second-order valence-electron chi connectivity index (χ2n) is 4.74. The summed E-state index contributed by atoms with van der Waals surface area (Å²) in [6, 6.07) is 2.16. The van der Waals surface area contributed by atoms with Gasteiger partial charge in [-0.15, -0.1) is 0 Å². The molecule has 1 heterocycles. The summed E-state index contributed by atoms with van der Waals surface area (Å²) in [4.78, 5) is 12.7. The van der Waals surface area contributed by atoms with Crippen molar-refractivity contribution in [1.29, 1.82) is 0 Å². The zero-order valence-electron chi connectivity index (χ0n) is 12.8. The van der Waals surface area contributed by atoms with E-state index in [1.165, 1.54) is 4.90 Å². The van der Waals surface area contributed by atoms with E-state index in [9.17, 15) is 22.0 Å². The number of carbonyl (C=O) groups is 1. The maximum absolute atomic E-state index is 13.8. The Morgan fingerprint density at radius 3 is 2.50 bits per heavy atom. The van der Waals surface area contributed by atoms with Crippen molar-refractivity contribution in [1.82, 2.24) is 14.7 Å². The first kappa shape index (κ1) is 18.3. The molecule has 0 N–H and O–H groups in total. The molecule has 0 fully saturated rings. The fourth-order valence-corrected chi connectivity index (χ4v) is 3.79. The van der Waals surface area contributed by atoms with Crippen LogP contribution in [-0.4, -0.2) is 42.2 Å². The molecule has 130 valence electrons. The predicted molar refractivity (Wildman–Crippen MR) is 82.8 cm³/mol. The summed E-state index contributed by atoms with van der Waals surface area (Å²) in [6.07, 6.45) is 1.02. The van der Waals surface area contributed by atoms with Crippen LogP contribution in [0.15, 0.2) is 34.3 Å². The Morgan fingerprint density at radius 2 is 1.92 bits per heavy atom. The second kappa shape index (κ2) is 6.86. The first-order chi connectivity index (χ1) is 11.2. The molecule has 0 radical (unpaired) electrons. The Kier molecular flexibility index (Phi) is 5.24. The van der Waals surface area contributed by atoms with Gasteiger partial charge in [0, 0.05) is 13.1 Å². The summed E-state index contributed by atoms with van der Waals surface area (Å²) in [5, 5.41) is 2.59. The summed E-state index contributed by atoms with van der Waals surface area (Å²) in [5.41, 5.74) is 0. The average molecular weight is 378 g/mol. The van der Waals surface area contributed by atoms with Crippen LogP contribution >= 0.6 is 11.6 Å². The number of hydrogen-bond acceptors (Lipinski definition) is 4. The molecule has 24 heavy (non-hydrogen) atoms. The standard InChI is InChI=1S/C14H14ClF2N3O3S/c1-3-19(4-2)14(21)20-8-9(15)13(18-20)24(22,23)11-7-5-6-10(16)12(11)17/h5-8H,3-4H2,1-2H3. The normalized spacial score (nSPS) is 11.5. The number of benzene rings is 1. The van der Waals surface area contributed by atoms with E-state index in [0.29, 0.717) is 13.1 Å². The highest BCUT2D eigenvalue weighted by Crippen LogP contribution is 2.28. The van der Waals surface area contributed by atoms with Gasteiger partial charge in [-0.25, -0.2) is 22.0 Å². The number of halogens is 3. The smallest absolute Gasteiger partial charge is 0.323 e. The van der Waals surface area contributed by atoms with Gasteiger partial charge in [-0.3, -0.25) is 0 Å². The van der Waals surface area contributed by atoms with Crippen molar-refractivity contribution in [3.8, 4) is 0 Å². The third kappa shape index (κ3) is 3.13. The molecule has 0 atom stereocenters. The van der Waals surface area contributed by atoms with Gasteiger partial charge in [-0.2, -0.15) is 9.78 Å². The van der Waals surface area contributed by atoms with Crippen molar-refractivity contribution < 1.29 is 22.0 Å². The number of carbonyl (C=O) groups excluding carboxylic acids is 1. The highest BCUT2D eigenvalue weighted by atomic mass is 35.5. The van der Waals surface area contributed by atoms with Gasteiger partial charge in [0.25, 0.3) is 0 Å². The van der Waals surface area contributed by atoms with E-state index in [2.05, 4.69) is 5.10 Å². The summed E-state index contributed by atoms with van der Waals surface area (Å²) >= 11 is 5.86. The van der Waals surface area contributed by atoms with Crippen molar-refractivity contribution in [2.45, 2.75) is 23.8 Å². The van der Waals surface area contributed by atoms with Crippen molar-refractivity contribution in [3.63, 3.8) is 0 Å². The van der Waals surface area contributed by atoms with E-state index in [1.54, 1.807) is 13.8 Å². The average Bonchev–Trinajstić information content (AvgIpc) is 2.93. The Bertz CT molecular complexity index is 879. The molecule has 2 aromatic rings. The summed E-state index contributed by atoms with van der Waals surface area (Å²) in [6.45, 7) is 4.25. The Morgan fingerprint density at radius 1 is 1.29 bits per heavy atom. The zero-order chi connectivity index (χ0) is 18.1. The van der Waals surface area contributed by atoms with Crippen LogP contribution in [0, 0.1) is 11.6 Å². The largest absolute Gasteiger partial charge is 0.344 e. The van der Waals surface area contributed by atoms with Crippen LogP contribution in [0.5, 0.6) is 0 Å². The molecule has 0 aliphatic carbocycles. The molecule has 1 aromatic carbocycles. The molecule has 6 nitrogen and oxygen atoms in total. The monoisotopic (exact) mass is 377 g/mol. The molecule has 0 saturated heterocycles. The van der Waals surface area contributed by atoms with Gasteiger partial charge >= 0.3 is 6.03 Å². The number of sulfone groups is 1. The van der Waals surface area contributed by atoms with Crippen molar-refractivity contribution in [3.05, 3.63) is 41.1 Å². The van der Waals surface area contributed by atoms with Crippen LogP contribution in [0.1, 0.15) is 13.8 Å². The molecule has 10 heteroatoms. The minimum atomic E-state index is -4.52. The lowest BCUT2D eigenvalue weighted by Gasteiger charge is -2.17. The van der Waals surface area contributed by atoms with Crippen LogP contribution in [-0.2, 0) is 9.84 Å². The maximum Gasteiger partial charge on any atom is 0.344 e. The van der Waals surface area contributed by atoms with Crippen LogP contribution in [0.3, 0.4) is 0 Å². The van der Waals surface area contributed by atoms with E-state index in [4.69, 9.17) is 11.6 Å². The van der Waals surface area contributed by atoms with E-state index in [1.807, 2.05) is 0 Å². The first-order valence-electron chi connectivity index (χ1n) is 6.97. The fourth-order valence-electron chi connectivity index (χ4n) is 2.05. The van der Waals surface area contributed by atoms with Crippen molar-refractivity contribution in [2.24, 2.45) is 0 Å². The molecule has 1 amide bonds. The van der Waals surface area contributed by atoms with Crippen molar-refractivity contribution in [2.75, 3.05) is 13.1 Å². The Labute approximate surface area is 142 Å². The van der Waals surface area contributed by atoms with Crippen LogP contribution in [0.2, 0.25) is 5.02 Å². The number of amides is 1. The van der Waals surface area contributed by atoms with Gasteiger partial charge in [0.2, 0.25) is 14.9 Å². The highest BCUT2D eigenvalue weighted by molar-refractivity contribution is 7.91. The number of rotatable bonds is 4. The van der Waals surface area contributed by atoms with Crippen molar-refractivity contribution >= 4 is 27.5 Å². The van der Waals surface area contributed by atoms with Gasteiger partial charge in [0.05, 0.1) is 11.2 Å². The highest BCUT2D eigenvalue weighted by Gasteiger charge is 2.30. The first-order valence-corrected chi connectivity index (χ1v) is 8.83. The Balaban J connectivity index is 2.53. The minimum absolute atomic E-state index is 0.362. The molecular formula is C14H14ClF2N3O3S. The summed E-state index contributed by atoms with van der Waals surface area (Å²) < 4.78 is 52.8. The van der Waals surface area contributed by atoms with Crippen LogP contribution in [0.4, 0.5) is 13.6 Å². The molecule has 0 aliphatic heterocycles. The number of nitrogens with zero attached hydrogens (tertiary/aromatic N) is 3. The lowest BCUT2D eigenvalue weighted by molar-refractivity contribution is 0.201. The minimum Gasteiger partial charge on any atom is -0.323 e. The van der Waals surface area contributed by atoms with Crippen LogP contribution < -0.4 is 0 Å². The summed E-state index contributed by atoms with van der Waals surface area (Å²) in [5.74, 6) is -2.84. The van der Waals surface area contributed by atoms with E-state index >= 15 is 0 Å². The van der Waals surface area contributed by atoms with E-state index in [-0.39, 0.29) is 5.02 Å². The van der Waals surface area contributed by atoms with Crippen LogP contribution in [0.25, 0.3) is 0 Å². The molecule has 0 saturated carbocycles. The SMILES string of the molecule is CCN(CC)C(=O)n1cc(Cl)c(S(=O)(=O)c2cccc(F)c2F)n1. The quantitative estimate of drug-likeness (QED) is 0.821.